The number of carbonyl (C=O) groups is 2. The number of hydrogen-bond donors (Lipinski definition) is 0. The normalized spacial score (nSPS) is 18.1. The minimum Gasteiger partial charge on any atom is -0.274 e. The van der Waals surface area contributed by atoms with Crippen LogP contribution in [-0.2, 0) is 16.0 Å². The fourth-order valence-corrected chi connectivity index (χ4v) is 3.08. The molecule has 4 heteroatoms. The van der Waals surface area contributed by atoms with Crippen LogP contribution in [0, 0.1) is 16.4 Å². The van der Waals surface area contributed by atoms with Gasteiger partial charge in [-0.2, -0.15) is 0 Å². The molecule has 0 spiro atoms. The van der Waals surface area contributed by atoms with Gasteiger partial charge < -0.3 is 0 Å². The maximum absolute atomic E-state index is 12.6. The van der Waals surface area contributed by atoms with Crippen molar-refractivity contribution < 1.29 is 9.59 Å². The molecule has 0 saturated carbocycles. The predicted octanol–water partition coefficient (Wildman–Crippen LogP) is 3.72. The van der Waals surface area contributed by atoms with Crippen LogP contribution in [0.25, 0.3) is 0 Å². The molecular formula is C18H16INO2. The Labute approximate surface area is 143 Å². The summed E-state index contributed by atoms with van der Waals surface area (Å²) >= 11 is 2.20. The van der Waals surface area contributed by atoms with E-state index in [2.05, 4.69) is 22.6 Å². The van der Waals surface area contributed by atoms with Gasteiger partial charge in [-0.25, -0.2) is 0 Å². The van der Waals surface area contributed by atoms with Crippen LogP contribution in [-0.4, -0.2) is 11.8 Å². The van der Waals surface area contributed by atoms with E-state index in [1.165, 1.54) is 10.5 Å². The summed E-state index contributed by atoms with van der Waals surface area (Å²) in [6.07, 6.45) is 0.907. The van der Waals surface area contributed by atoms with E-state index in [4.69, 9.17) is 0 Å². The van der Waals surface area contributed by atoms with Crippen LogP contribution in [0.3, 0.4) is 0 Å². The number of anilines is 1. The molecule has 1 heterocycles. The summed E-state index contributed by atoms with van der Waals surface area (Å²) in [6.45, 7) is 2.03. The lowest BCUT2D eigenvalue weighted by molar-refractivity contribution is -0.122. The number of carbonyl (C=O) groups excluding carboxylic acids is 2. The monoisotopic (exact) mass is 405 g/mol. The lowest BCUT2D eigenvalue weighted by Crippen LogP contribution is -2.30. The summed E-state index contributed by atoms with van der Waals surface area (Å²) in [6, 6.07) is 15.6. The summed E-state index contributed by atoms with van der Waals surface area (Å²) in [5, 5.41) is 0. The number of rotatable bonds is 3. The molecule has 0 bridgehead atoms. The molecule has 112 valence electrons. The molecule has 22 heavy (non-hydrogen) atoms. The van der Waals surface area contributed by atoms with Gasteiger partial charge in [0.2, 0.25) is 11.8 Å². The molecule has 0 N–H and O–H groups in total. The fraction of sp³-hybridized carbons (Fsp3) is 0.222. The van der Waals surface area contributed by atoms with Gasteiger partial charge in [0, 0.05) is 9.99 Å². The molecule has 0 aromatic heterocycles. The molecular weight excluding hydrogens is 389 g/mol. The molecule has 2 aromatic carbocycles. The first kappa shape index (κ1) is 15.2. The maximum atomic E-state index is 12.6. The first-order chi connectivity index (χ1) is 10.5. The highest BCUT2D eigenvalue weighted by Gasteiger charge is 2.39. The number of halogens is 1. The van der Waals surface area contributed by atoms with Crippen molar-refractivity contribution in [3.05, 3.63) is 63.2 Å². The number of nitrogens with zero attached hydrogens (tertiary/aromatic N) is 1. The third-order valence-electron chi connectivity index (χ3n) is 3.93. The highest BCUT2D eigenvalue weighted by Crippen LogP contribution is 2.29. The topological polar surface area (TPSA) is 37.4 Å². The number of imide groups is 1. The van der Waals surface area contributed by atoms with Crippen molar-refractivity contribution in [2.45, 2.75) is 19.8 Å². The van der Waals surface area contributed by atoms with Gasteiger partial charge in [0.1, 0.15) is 0 Å². The van der Waals surface area contributed by atoms with Gasteiger partial charge in [-0.15, -0.1) is 0 Å². The summed E-state index contributed by atoms with van der Waals surface area (Å²) in [7, 11) is 0. The van der Waals surface area contributed by atoms with Gasteiger partial charge >= 0.3 is 0 Å². The Balaban J connectivity index is 1.79. The zero-order valence-corrected chi connectivity index (χ0v) is 14.4. The molecule has 2 amide bonds. The van der Waals surface area contributed by atoms with E-state index in [1.54, 1.807) is 0 Å². The van der Waals surface area contributed by atoms with E-state index in [0.717, 1.165) is 9.13 Å². The quantitative estimate of drug-likeness (QED) is 0.577. The SMILES string of the molecule is Cc1ccc(C[C@@H]2CC(=O)N(c3ccc(I)cc3)C2=O)cc1. The Morgan fingerprint density at radius 2 is 1.68 bits per heavy atom. The van der Waals surface area contributed by atoms with Crippen LogP contribution in [0.5, 0.6) is 0 Å². The van der Waals surface area contributed by atoms with Crippen molar-refractivity contribution in [3.8, 4) is 0 Å². The van der Waals surface area contributed by atoms with Gasteiger partial charge in [0.15, 0.2) is 0 Å². The molecule has 1 atom stereocenters. The summed E-state index contributed by atoms with van der Waals surface area (Å²) in [5.74, 6) is -0.454. The maximum Gasteiger partial charge on any atom is 0.237 e. The van der Waals surface area contributed by atoms with Crippen LogP contribution in [0.4, 0.5) is 5.69 Å². The zero-order valence-electron chi connectivity index (χ0n) is 12.3. The van der Waals surface area contributed by atoms with E-state index >= 15 is 0 Å². The second-order valence-electron chi connectivity index (χ2n) is 5.63. The molecule has 3 rings (SSSR count). The van der Waals surface area contributed by atoms with E-state index in [1.807, 2.05) is 55.5 Å². The molecule has 2 aromatic rings. The number of amides is 2. The lowest BCUT2D eigenvalue weighted by Gasteiger charge is -2.15. The van der Waals surface area contributed by atoms with Gasteiger partial charge in [0.05, 0.1) is 11.6 Å². The van der Waals surface area contributed by atoms with Crippen molar-refractivity contribution in [1.29, 1.82) is 0 Å². The predicted molar refractivity (Wildman–Crippen MR) is 94.6 cm³/mol. The first-order valence-electron chi connectivity index (χ1n) is 7.22. The molecule has 0 radical (unpaired) electrons. The molecule has 3 nitrogen and oxygen atoms in total. The van der Waals surface area contributed by atoms with Crippen molar-refractivity contribution in [1.82, 2.24) is 0 Å². The second-order valence-corrected chi connectivity index (χ2v) is 6.88. The second kappa shape index (κ2) is 6.20. The standard InChI is InChI=1S/C18H16INO2/c1-12-2-4-13(5-3-12)10-14-11-17(21)20(18(14)22)16-8-6-15(19)7-9-16/h2-9,14H,10-11H2,1H3/t14-/m1/s1. The Bertz CT molecular complexity index is 707. The largest absolute Gasteiger partial charge is 0.274 e. The van der Waals surface area contributed by atoms with Crippen LogP contribution in [0.2, 0.25) is 0 Å². The van der Waals surface area contributed by atoms with E-state index in [0.29, 0.717) is 18.5 Å². The highest BCUT2D eigenvalue weighted by atomic mass is 127. The van der Waals surface area contributed by atoms with Gasteiger partial charge in [0.25, 0.3) is 0 Å². The third-order valence-corrected chi connectivity index (χ3v) is 4.65. The van der Waals surface area contributed by atoms with Crippen molar-refractivity contribution in [2.75, 3.05) is 4.90 Å². The summed E-state index contributed by atoms with van der Waals surface area (Å²) in [5.41, 5.74) is 2.96. The Kier molecular flexibility index (Phi) is 4.29. The molecule has 1 aliphatic heterocycles. The van der Waals surface area contributed by atoms with Gasteiger partial charge in [-0.1, -0.05) is 29.8 Å². The van der Waals surface area contributed by atoms with Gasteiger partial charge in [-0.05, 0) is 65.8 Å². The summed E-state index contributed by atoms with van der Waals surface area (Å²) in [4.78, 5) is 26.1. The Morgan fingerprint density at radius 3 is 2.32 bits per heavy atom. The average Bonchev–Trinajstić information content (AvgIpc) is 2.77. The van der Waals surface area contributed by atoms with Crippen molar-refractivity contribution in [2.24, 2.45) is 5.92 Å². The fourth-order valence-electron chi connectivity index (χ4n) is 2.72. The molecule has 1 aliphatic rings. The highest BCUT2D eigenvalue weighted by molar-refractivity contribution is 14.1. The number of hydrogen-bond acceptors (Lipinski definition) is 2. The first-order valence-corrected chi connectivity index (χ1v) is 8.30. The van der Waals surface area contributed by atoms with Crippen molar-refractivity contribution >= 4 is 40.1 Å². The Hall–Kier alpha value is -1.69. The smallest absolute Gasteiger partial charge is 0.237 e. The van der Waals surface area contributed by atoms with E-state index < -0.39 is 0 Å². The van der Waals surface area contributed by atoms with Crippen LogP contribution < -0.4 is 4.90 Å². The molecule has 1 fully saturated rings. The average molecular weight is 405 g/mol. The Morgan fingerprint density at radius 1 is 1.05 bits per heavy atom. The van der Waals surface area contributed by atoms with E-state index in [9.17, 15) is 9.59 Å². The lowest BCUT2D eigenvalue weighted by atomic mass is 9.97. The molecule has 0 unspecified atom stereocenters. The van der Waals surface area contributed by atoms with Crippen LogP contribution in [0.1, 0.15) is 17.5 Å². The zero-order chi connectivity index (χ0) is 15.7. The van der Waals surface area contributed by atoms with Crippen LogP contribution in [0.15, 0.2) is 48.5 Å². The summed E-state index contributed by atoms with van der Waals surface area (Å²) < 4.78 is 1.08. The molecule has 1 saturated heterocycles. The number of benzene rings is 2. The van der Waals surface area contributed by atoms with Gasteiger partial charge in [-0.3, -0.25) is 14.5 Å². The van der Waals surface area contributed by atoms with Crippen LogP contribution >= 0.6 is 22.6 Å². The number of aryl methyl sites for hydroxylation is 1. The van der Waals surface area contributed by atoms with E-state index in [-0.39, 0.29) is 17.7 Å². The minimum absolute atomic E-state index is 0.0909. The van der Waals surface area contributed by atoms with Crippen molar-refractivity contribution in [3.63, 3.8) is 0 Å². The minimum atomic E-state index is -0.255. The third kappa shape index (κ3) is 3.06. The molecule has 0 aliphatic carbocycles.